The number of hydrogen-bond donors (Lipinski definition) is 22. The van der Waals surface area contributed by atoms with Gasteiger partial charge in [0.25, 0.3) is 0 Å². The number of amides is 12. The maximum Gasteiger partial charge on any atom is 0.325 e. The maximum absolute atomic E-state index is 14.5. The van der Waals surface area contributed by atoms with Crippen molar-refractivity contribution in [3.63, 3.8) is 0 Å². The van der Waals surface area contributed by atoms with Gasteiger partial charge in [0, 0.05) is 38.1 Å². The number of carboxylic acid groups (broad SMARTS) is 3. The summed E-state index contributed by atoms with van der Waals surface area (Å²) in [6.45, 7) is 7.00. The zero-order chi connectivity index (χ0) is 78.2. The summed E-state index contributed by atoms with van der Waals surface area (Å²) in [5, 5.41) is 95.0. The third-order valence-electron chi connectivity index (χ3n) is 16.5. The van der Waals surface area contributed by atoms with Crippen LogP contribution in [0.5, 0.6) is 11.5 Å². The molecule has 0 bridgehead atoms. The number of carboxylic acids is 3. The van der Waals surface area contributed by atoms with Crippen LogP contribution < -0.4 is 75.7 Å². The number of nitrogens with two attached hydrogens (primary N) is 3. The predicted molar refractivity (Wildman–Crippen MR) is 373 cm³/mol. The molecular formula is C65H98N16O22S. The first-order chi connectivity index (χ1) is 48.9. The van der Waals surface area contributed by atoms with Gasteiger partial charge in [-0.05, 0) is 99.6 Å². The predicted octanol–water partition coefficient (Wildman–Crippen LogP) is -5.94. The number of aliphatic hydroxyl groups is 2. The molecule has 1 aliphatic rings. The van der Waals surface area contributed by atoms with Gasteiger partial charge in [0.05, 0.1) is 19.6 Å². The average Bonchev–Trinajstić information content (AvgIpc) is 1.62. The van der Waals surface area contributed by atoms with Crippen molar-refractivity contribution in [1.82, 2.24) is 63.4 Å². The highest BCUT2D eigenvalue weighted by Crippen LogP contribution is 2.22. The second-order valence-corrected chi connectivity index (χ2v) is 25.7. The largest absolute Gasteiger partial charge is 0.508 e. The van der Waals surface area contributed by atoms with Crippen LogP contribution >= 0.6 is 12.6 Å². The van der Waals surface area contributed by atoms with Gasteiger partial charge in [0.15, 0.2) is 5.96 Å². The van der Waals surface area contributed by atoms with Crippen LogP contribution in [0.4, 0.5) is 0 Å². The molecule has 576 valence electrons. The molecule has 2 aromatic carbocycles. The monoisotopic (exact) mass is 1490 g/mol. The zero-order valence-corrected chi connectivity index (χ0v) is 59.3. The Morgan fingerprint density at radius 1 is 0.538 bits per heavy atom. The van der Waals surface area contributed by atoms with Crippen molar-refractivity contribution in [2.24, 2.45) is 34.0 Å². The number of aliphatic hydroxyl groups excluding tert-OH is 2. The van der Waals surface area contributed by atoms with Crippen LogP contribution in [0.1, 0.15) is 110 Å². The molecule has 14 atom stereocenters. The number of phenols is 2. The van der Waals surface area contributed by atoms with Gasteiger partial charge in [-0.2, -0.15) is 12.6 Å². The van der Waals surface area contributed by atoms with Gasteiger partial charge >= 0.3 is 17.9 Å². The van der Waals surface area contributed by atoms with Gasteiger partial charge in [-0.15, -0.1) is 0 Å². The number of benzene rings is 2. The summed E-state index contributed by atoms with van der Waals surface area (Å²) in [5.41, 5.74) is 17.4. The number of likely N-dealkylation sites (tertiary alicyclic amines) is 1. The third kappa shape index (κ3) is 29.5. The van der Waals surface area contributed by atoms with E-state index in [-0.39, 0.29) is 93.6 Å². The number of aliphatic imine (C=N–C) groups is 1. The highest BCUT2D eigenvalue weighted by Gasteiger charge is 2.42. The number of phenolic OH excluding ortho intramolecular Hbond substituents is 2. The molecule has 38 nitrogen and oxygen atoms in total. The summed E-state index contributed by atoms with van der Waals surface area (Å²) >= 11 is 4.14. The van der Waals surface area contributed by atoms with E-state index in [4.69, 9.17) is 17.2 Å². The average molecular weight is 1490 g/mol. The van der Waals surface area contributed by atoms with Gasteiger partial charge < -0.3 is 116 Å². The number of aromatic hydroxyl groups is 2. The van der Waals surface area contributed by atoms with Gasteiger partial charge in [-0.1, -0.05) is 58.4 Å². The molecule has 0 unspecified atom stereocenters. The summed E-state index contributed by atoms with van der Waals surface area (Å²) in [7, 11) is 0. The first kappa shape index (κ1) is 87.8. The lowest BCUT2D eigenvalue weighted by atomic mass is 9.96. The quantitative estimate of drug-likeness (QED) is 0.0127. The highest BCUT2D eigenvalue weighted by molar-refractivity contribution is 7.80. The van der Waals surface area contributed by atoms with Gasteiger partial charge in [-0.25, -0.2) is 0 Å². The molecule has 1 fully saturated rings. The number of carbonyl (C=O) groups excluding carboxylic acids is 12. The first-order valence-corrected chi connectivity index (χ1v) is 34.1. The van der Waals surface area contributed by atoms with E-state index in [2.05, 4.69) is 76.1 Å². The number of carbonyl (C=O) groups is 15. The Hall–Kier alpha value is -10.4. The SMILES string of the molecule is CC[C@H](C)[C@H](NC(=O)[C@H](C)NC(=O)[C@H](CO)NC(=O)[C@H](CC(=O)O)NC(=O)[C@H](CCC(=O)O)NC(=O)[C@@H]1CCCN1C(=O)[C@H](CCCN=C(N)N)NC(=O)[C@H](CC(C)C)NC(=O)[C@@H](N)CO)C(=O)N[C@@H](Cc1ccc(O)cc1)C(=O)N[C@@H](Cc1ccc(O)cc1)C(=O)N[C@@H](CS)C(=O)N[C@@H](C)C(=O)O. The van der Waals surface area contributed by atoms with Crippen molar-refractivity contribution in [2.45, 2.75) is 191 Å². The molecule has 0 aliphatic carbocycles. The molecular weight excluding hydrogens is 1390 g/mol. The Morgan fingerprint density at radius 2 is 1.01 bits per heavy atom. The van der Waals surface area contributed by atoms with Crippen LogP contribution in [0.2, 0.25) is 0 Å². The first-order valence-electron chi connectivity index (χ1n) is 33.4. The van der Waals surface area contributed by atoms with Crippen molar-refractivity contribution in [2.75, 3.05) is 32.1 Å². The molecule has 24 N–H and O–H groups in total. The number of aliphatic carboxylic acids is 3. The van der Waals surface area contributed by atoms with Gasteiger partial charge in [-0.3, -0.25) is 76.9 Å². The fraction of sp³-hybridized carbons (Fsp3) is 0.569. The summed E-state index contributed by atoms with van der Waals surface area (Å²) in [5.74, 6) is -18.8. The Labute approximate surface area is 604 Å². The summed E-state index contributed by atoms with van der Waals surface area (Å²) in [4.78, 5) is 208. The standard InChI is InChI=1S/C65H98N16O22S/c1-7-32(4)51(62(100)77-44(26-36-14-18-38(85)19-15-36)56(94)75-43(25-35-12-16-37(84)17-13-35)57(95)79-47(30-104)60(98)71-34(6)64(102)103)80-52(90)33(5)70-59(97)46(29-83)78-58(96)45(27-50(88)89)76-54(92)40(20-21-49(86)87)72-61(99)48-11-9-23-81(48)63(101)41(10-8-22-69-65(67)68)73-55(93)42(24-31(2)3)74-53(91)39(66)28-82/h12-19,31-34,39-48,51,82-85,104H,7-11,20-30,66H2,1-6H3,(H,70,97)(H,71,98)(H,72,99)(H,73,93)(H,74,91)(H,75,94)(H,76,92)(H,77,100)(H,78,96)(H,79,95)(H,80,90)(H,86,87)(H,88,89)(H,102,103)(H4,67,68,69)/t32-,33-,34-,39-,40-,41-,42-,43-,44-,45-,46-,47-,48-,51-/m0/s1. The van der Waals surface area contributed by atoms with E-state index in [1.54, 1.807) is 27.7 Å². The van der Waals surface area contributed by atoms with E-state index in [9.17, 15) is 108 Å². The smallest absolute Gasteiger partial charge is 0.325 e. The molecule has 39 heteroatoms. The van der Waals surface area contributed by atoms with Crippen molar-refractivity contribution < 1.29 is 108 Å². The molecule has 3 rings (SSSR count). The lowest BCUT2D eigenvalue weighted by molar-refractivity contribution is -0.143. The number of rotatable bonds is 44. The van der Waals surface area contributed by atoms with Gasteiger partial charge in [0.2, 0.25) is 70.9 Å². The normalized spacial score (nSPS) is 16.3. The van der Waals surface area contributed by atoms with Crippen LogP contribution in [-0.4, -0.2) is 246 Å². The number of nitrogens with one attached hydrogen (secondary N) is 11. The lowest BCUT2D eigenvalue weighted by Crippen LogP contribution is -2.62. The van der Waals surface area contributed by atoms with Crippen LogP contribution in [0.3, 0.4) is 0 Å². The Balaban J connectivity index is 1.87. The van der Waals surface area contributed by atoms with Crippen LogP contribution in [-0.2, 0) is 84.8 Å². The van der Waals surface area contributed by atoms with Crippen molar-refractivity contribution >= 4 is 107 Å². The molecule has 1 saturated heterocycles. The molecule has 0 radical (unpaired) electrons. The minimum absolute atomic E-state index is 0.00614. The topological polar surface area (TPSA) is 624 Å². The van der Waals surface area contributed by atoms with Crippen molar-refractivity contribution in [3.8, 4) is 11.5 Å². The molecule has 1 aliphatic heterocycles. The van der Waals surface area contributed by atoms with E-state index in [1.165, 1.54) is 55.5 Å². The number of thiol groups is 1. The Kier molecular flexibility index (Phi) is 36.7. The maximum atomic E-state index is 14.5. The van der Waals surface area contributed by atoms with Crippen LogP contribution in [0.15, 0.2) is 53.5 Å². The summed E-state index contributed by atoms with van der Waals surface area (Å²) in [6, 6.07) is -9.45. The second kappa shape index (κ2) is 43.5. The molecule has 0 saturated carbocycles. The van der Waals surface area contributed by atoms with Gasteiger partial charge in [0.1, 0.15) is 90.0 Å². The van der Waals surface area contributed by atoms with E-state index in [1.807, 2.05) is 0 Å². The van der Waals surface area contributed by atoms with E-state index in [0.717, 1.165) is 11.8 Å². The molecule has 1 heterocycles. The van der Waals surface area contributed by atoms with E-state index in [0.29, 0.717) is 11.1 Å². The molecule has 0 spiro atoms. The van der Waals surface area contributed by atoms with E-state index >= 15 is 0 Å². The minimum atomic E-state index is -2.13. The fourth-order valence-electron chi connectivity index (χ4n) is 10.4. The molecule has 12 amide bonds. The van der Waals surface area contributed by atoms with Crippen LogP contribution in [0.25, 0.3) is 0 Å². The molecule has 0 aromatic heterocycles. The minimum Gasteiger partial charge on any atom is -0.508 e. The number of hydrogen-bond acceptors (Lipinski definition) is 22. The Bertz CT molecular complexity index is 3360. The highest BCUT2D eigenvalue weighted by atomic mass is 32.1. The van der Waals surface area contributed by atoms with Crippen LogP contribution in [0, 0.1) is 11.8 Å². The summed E-state index contributed by atoms with van der Waals surface area (Å²) < 4.78 is 0. The lowest BCUT2D eigenvalue weighted by Gasteiger charge is -2.31. The third-order valence-corrected chi connectivity index (χ3v) is 16.9. The second-order valence-electron chi connectivity index (χ2n) is 25.4. The number of guanidine groups is 1. The number of nitrogens with zero attached hydrogens (tertiary/aromatic N) is 2. The molecule has 2 aromatic rings. The summed E-state index contributed by atoms with van der Waals surface area (Å²) in [6.07, 6.45) is -2.85. The van der Waals surface area contributed by atoms with Crippen molar-refractivity contribution in [3.05, 3.63) is 59.7 Å². The van der Waals surface area contributed by atoms with Crippen molar-refractivity contribution in [1.29, 1.82) is 0 Å². The molecule has 104 heavy (non-hydrogen) atoms. The fourth-order valence-corrected chi connectivity index (χ4v) is 10.7. The van der Waals surface area contributed by atoms with E-state index < -0.39 is 206 Å². The Morgan fingerprint density at radius 3 is 1.51 bits per heavy atom. The zero-order valence-electron chi connectivity index (χ0n) is 58.4.